The van der Waals surface area contributed by atoms with Crippen LogP contribution in [-0.2, 0) is 0 Å². The lowest BCUT2D eigenvalue weighted by Crippen LogP contribution is -2.43. The van der Waals surface area contributed by atoms with Crippen LogP contribution in [0, 0.1) is 0 Å². The highest BCUT2D eigenvalue weighted by atomic mass is 32.2. The number of rotatable bonds is 4. The topological polar surface area (TPSA) is 36.4 Å². The lowest BCUT2D eigenvalue weighted by atomic mass is 10.2. The van der Waals surface area contributed by atoms with Gasteiger partial charge in [-0.3, -0.25) is 4.99 Å². The molecule has 2 N–H and O–H groups in total. The summed E-state index contributed by atoms with van der Waals surface area (Å²) in [5, 5.41) is 6.68. The van der Waals surface area contributed by atoms with Crippen LogP contribution in [0.1, 0.15) is 12.8 Å². The minimum Gasteiger partial charge on any atom is -0.356 e. The third kappa shape index (κ3) is 4.05. The first-order valence-electron chi connectivity index (χ1n) is 4.98. The molecule has 0 atom stereocenters. The Morgan fingerprint density at radius 2 is 2.21 bits per heavy atom. The summed E-state index contributed by atoms with van der Waals surface area (Å²) >= 11 is 1.84. The van der Waals surface area contributed by atoms with Gasteiger partial charge in [-0.05, 0) is 19.1 Å². The molecular formula is C10H19N3S. The monoisotopic (exact) mass is 213 g/mol. The van der Waals surface area contributed by atoms with Crippen molar-refractivity contribution in [1.29, 1.82) is 0 Å². The second kappa shape index (κ2) is 6.76. The summed E-state index contributed by atoms with van der Waals surface area (Å²) in [5.41, 5.74) is 0. The van der Waals surface area contributed by atoms with Crippen LogP contribution in [0.25, 0.3) is 0 Å². The van der Waals surface area contributed by atoms with Crippen LogP contribution in [-0.4, -0.2) is 37.6 Å². The smallest absolute Gasteiger partial charge is 0.191 e. The third-order valence-electron chi connectivity index (χ3n) is 2.17. The zero-order valence-corrected chi connectivity index (χ0v) is 9.73. The number of aliphatic imine (C=N–C) groups is 1. The Morgan fingerprint density at radius 3 is 2.79 bits per heavy atom. The Hall–Kier alpha value is -0.640. The van der Waals surface area contributed by atoms with Gasteiger partial charge in [-0.15, -0.1) is 0 Å². The van der Waals surface area contributed by atoms with Crippen molar-refractivity contribution in [1.82, 2.24) is 10.6 Å². The SMILES string of the molecule is CN=C(NCCSC)NC1CC=CC1. The Bertz CT molecular complexity index is 205. The van der Waals surface area contributed by atoms with Crippen molar-refractivity contribution in [2.75, 3.05) is 25.6 Å². The first kappa shape index (κ1) is 11.4. The molecule has 0 saturated heterocycles. The first-order valence-corrected chi connectivity index (χ1v) is 6.37. The van der Waals surface area contributed by atoms with Gasteiger partial charge in [0.25, 0.3) is 0 Å². The maximum atomic E-state index is 4.18. The molecule has 4 heteroatoms. The predicted molar refractivity (Wildman–Crippen MR) is 65.0 cm³/mol. The quantitative estimate of drug-likeness (QED) is 0.319. The summed E-state index contributed by atoms with van der Waals surface area (Å²) in [7, 11) is 1.82. The van der Waals surface area contributed by atoms with E-state index in [1.165, 1.54) is 0 Å². The predicted octanol–water partition coefficient (Wildman–Crippen LogP) is 1.23. The molecule has 0 saturated carbocycles. The molecule has 3 nitrogen and oxygen atoms in total. The molecule has 1 aliphatic carbocycles. The largest absolute Gasteiger partial charge is 0.356 e. The molecule has 0 fully saturated rings. The van der Waals surface area contributed by atoms with Gasteiger partial charge in [0, 0.05) is 25.4 Å². The Kier molecular flexibility index (Phi) is 5.52. The highest BCUT2D eigenvalue weighted by molar-refractivity contribution is 7.98. The number of hydrogen-bond acceptors (Lipinski definition) is 2. The van der Waals surface area contributed by atoms with E-state index in [-0.39, 0.29) is 0 Å². The normalized spacial score (nSPS) is 17.4. The molecule has 80 valence electrons. The minimum atomic E-state index is 0.537. The van der Waals surface area contributed by atoms with Crippen molar-refractivity contribution >= 4 is 17.7 Å². The van der Waals surface area contributed by atoms with Gasteiger partial charge in [0.15, 0.2) is 5.96 Å². The standard InChI is InChI=1S/C10H19N3S/c1-11-10(12-7-8-14-2)13-9-5-3-4-6-9/h3-4,9H,5-8H2,1-2H3,(H2,11,12,13). The number of nitrogens with zero attached hydrogens (tertiary/aromatic N) is 1. The van der Waals surface area contributed by atoms with Crippen LogP contribution in [0.2, 0.25) is 0 Å². The lowest BCUT2D eigenvalue weighted by Gasteiger charge is -2.16. The molecule has 0 aromatic heterocycles. The van der Waals surface area contributed by atoms with Gasteiger partial charge in [-0.1, -0.05) is 12.2 Å². The van der Waals surface area contributed by atoms with Crippen LogP contribution in [0.4, 0.5) is 0 Å². The average Bonchev–Trinajstić information content (AvgIpc) is 2.69. The Morgan fingerprint density at radius 1 is 1.50 bits per heavy atom. The van der Waals surface area contributed by atoms with E-state index in [9.17, 15) is 0 Å². The van der Waals surface area contributed by atoms with Crippen LogP contribution < -0.4 is 10.6 Å². The van der Waals surface area contributed by atoms with Crippen molar-refractivity contribution in [3.63, 3.8) is 0 Å². The van der Waals surface area contributed by atoms with Gasteiger partial charge in [0.2, 0.25) is 0 Å². The van der Waals surface area contributed by atoms with Gasteiger partial charge < -0.3 is 10.6 Å². The number of nitrogens with one attached hydrogen (secondary N) is 2. The van der Waals surface area contributed by atoms with Gasteiger partial charge in [0.1, 0.15) is 0 Å². The zero-order chi connectivity index (χ0) is 10.2. The molecule has 0 amide bonds. The summed E-state index contributed by atoms with van der Waals surface area (Å²) in [6, 6.07) is 0.537. The summed E-state index contributed by atoms with van der Waals surface area (Å²) in [5.74, 6) is 2.04. The number of guanidine groups is 1. The number of hydrogen-bond donors (Lipinski definition) is 2. The van der Waals surface area contributed by atoms with Crippen LogP contribution in [0.3, 0.4) is 0 Å². The molecule has 1 rings (SSSR count). The summed E-state index contributed by atoms with van der Waals surface area (Å²) in [6.07, 6.45) is 8.77. The minimum absolute atomic E-state index is 0.537. The average molecular weight is 213 g/mol. The van der Waals surface area contributed by atoms with E-state index < -0.39 is 0 Å². The van der Waals surface area contributed by atoms with Crippen molar-refractivity contribution < 1.29 is 0 Å². The first-order chi connectivity index (χ1) is 6.86. The van der Waals surface area contributed by atoms with Gasteiger partial charge in [-0.25, -0.2) is 0 Å². The van der Waals surface area contributed by atoms with Crippen LogP contribution in [0.5, 0.6) is 0 Å². The van der Waals surface area contributed by atoms with E-state index in [1.807, 2.05) is 18.8 Å². The fraction of sp³-hybridized carbons (Fsp3) is 0.700. The van der Waals surface area contributed by atoms with E-state index in [4.69, 9.17) is 0 Å². The van der Waals surface area contributed by atoms with E-state index in [2.05, 4.69) is 34.0 Å². The number of thioether (sulfide) groups is 1. The van der Waals surface area contributed by atoms with E-state index in [0.29, 0.717) is 6.04 Å². The lowest BCUT2D eigenvalue weighted by molar-refractivity contribution is 0.636. The molecule has 0 radical (unpaired) electrons. The van der Waals surface area contributed by atoms with Crippen molar-refractivity contribution in [2.45, 2.75) is 18.9 Å². The fourth-order valence-corrected chi connectivity index (χ4v) is 1.70. The van der Waals surface area contributed by atoms with Crippen molar-refractivity contribution in [2.24, 2.45) is 4.99 Å². The molecule has 0 aliphatic heterocycles. The summed E-state index contributed by atoms with van der Waals surface area (Å²) in [6.45, 7) is 0.973. The third-order valence-corrected chi connectivity index (χ3v) is 2.78. The molecule has 1 aliphatic rings. The van der Waals surface area contributed by atoms with Crippen molar-refractivity contribution in [3.8, 4) is 0 Å². The molecule has 0 bridgehead atoms. The Labute approximate surface area is 90.4 Å². The van der Waals surface area contributed by atoms with Gasteiger partial charge in [-0.2, -0.15) is 11.8 Å². The molecule has 0 aromatic carbocycles. The van der Waals surface area contributed by atoms with E-state index in [1.54, 1.807) is 0 Å². The second-order valence-electron chi connectivity index (χ2n) is 3.28. The maximum Gasteiger partial charge on any atom is 0.191 e. The zero-order valence-electron chi connectivity index (χ0n) is 8.92. The van der Waals surface area contributed by atoms with E-state index in [0.717, 1.165) is 31.1 Å². The highest BCUT2D eigenvalue weighted by Gasteiger charge is 2.10. The van der Waals surface area contributed by atoms with Gasteiger partial charge >= 0.3 is 0 Å². The van der Waals surface area contributed by atoms with Crippen LogP contribution >= 0.6 is 11.8 Å². The highest BCUT2D eigenvalue weighted by Crippen LogP contribution is 2.08. The van der Waals surface area contributed by atoms with Gasteiger partial charge in [0.05, 0.1) is 0 Å². The van der Waals surface area contributed by atoms with Crippen LogP contribution in [0.15, 0.2) is 17.1 Å². The molecule has 14 heavy (non-hydrogen) atoms. The second-order valence-corrected chi connectivity index (χ2v) is 4.26. The molecule has 0 spiro atoms. The molecular weight excluding hydrogens is 194 g/mol. The fourth-order valence-electron chi connectivity index (χ4n) is 1.39. The maximum absolute atomic E-state index is 4.18. The summed E-state index contributed by atoms with van der Waals surface area (Å²) in [4.78, 5) is 4.18. The molecule has 0 heterocycles. The molecule has 0 aromatic rings. The molecule has 0 unspecified atom stereocenters. The van der Waals surface area contributed by atoms with Crippen molar-refractivity contribution in [3.05, 3.63) is 12.2 Å². The van der Waals surface area contributed by atoms with E-state index >= 15 is 0 Å². The summed E-state index contributed by atoms with van der Waals surface area (Å²) < 4.78 is 0. The Balaban J connectivity index is 2.18.